The third-order valence-corrected chi connectivity index (χ3v) is 3.18. The zero-order chi connectivity index (χ0) is 13.0. The fourth-order valence-corrected chi connectivity index (χ4v) is 1.77. The van der Waals surface area contributed by atoms with Gasteiger partial charge in [-0.1, -0.05) is 13.8 Å². The van der Waals surface area contributed by atoms with Gasteiger partial charge in [0.25, 0.3) is 5.56 Å². The van der Waals surface area contributed by atoms with Crippen molar-refractivity contribution in [3.05, 3.63) is 32.6 Å². The average molecular weight is 239 g/mol. The third-order valence-electron chi connectivity index (χ3n) is 3.18. The summed E-state index contributed by atoms with van der Waals surface area (Å²) in [6.07, 6.45) is 2.07. The summed E-state index contributed by atoms with van der Waals surface area (Å²) in [5.74, 6) is 0. The van der Waals surface area contributed by atoms with Gasteiger partial charge in [0.15, 0.2) is 0 Å². The highest BCUT2D eigenvalue weighted by Crippen LogP contribution is 1.98. The summed E-state index contributed by atoms with van der Waals surface area (Å²) >= 11 is 0. The standard InChI is InChI=1S/C12H21N3O2/c1-5-9(6-2)13-8-10-7-11(16)15(4)12(17)14(10)3/h7,9,13H,5-6,8H2,1-4H3. The molecule has 0 aliphatic rings. The molecular weight excluding hydrogens is 218 g/mol. The van der Waals surface area contributed by atoms with Crippen LogP contribution in [0.1, 0.15) is 32.4 Å². The topological polar surface area (TPSA) is 56.0 Å². The molecule has 0 spiro atoms. The summed E-state index contributed by atoms with van der Waals surface area (Å²) in [5.41, 5.74) is 0.193. The molecule has 5 heteroatoms. The quantitative estimate of drug-likeness (QED) is 0.807. The number of aromatic nitrogens is 2. The van der Waals surface area contributed by atoms with Gasteiger partial charge in [0.1, 0.15) is 0 Å². The predicted octanol–water partition coefficient (Wildman–Crippen LogP) is 0.362. The van der Waals surface area contributed by atoms with E-state index in [0.717, 1.165) is 23.1 Å². The molecule has 0 radical (unpaired) electrons. The van der Waals surface area contributed by atoms with E-state index in [1.54, 1.807) is 7.05 Å². The lowest BCUT2D eigenvalue weighted by atomic mass is 10.2. The van der Waals surface area contributed by atoms with Crippen LogP contribution < -0.4 is 16.6 Å². The van der Waals surface area contributed by atoms with Gasteiger partial charge in [-0.3, -0.25) is 13.9 Å². The van der Waals surface area contributed by atoms with E-state index >= 15 is 0 Å². The summed E-state index contributed by atoms with van der Waals surface area (Å²) in [4.78, 5) is 23.2. The van der Waals surface area contributed by atoms with Gasteiger partial charge in [-0.2, -0.15) is 0 Å². The molecule has 17 heavy (non-hydrogen) atoms. The van der Waals surface area contributed by atoms with Crippen LogP contribution in [0.4, 0.5) is 0 Å². The molecule has 0 aliphatic carbocycles. The first kappa shape index (κ1) is 13.7. The molecule has 1 aromatic heterocycles. The number of rotatable bonds is 5. The van der Waals surface area contributed by atoms with E-state index < -0.39 is 0 Å². The number of nitrogens with one attached hydrogen (secondary N) is 1. The molecule has 0 unspecified atom stereocenters. The fraction of sp³-hybridized carbons (Fsp3) is 0.667. The Morgan fingerprint density at radius 3 is 2.29 bits per heavy atom. The highest BCUT2D eigenvalue weighted by molar-refractivity contribution is 5.02. The minimum absolute atomic E-state index is 0.255. The molecular formula is C12H21N3O2. The van der Waals surface area contributed by atoms with Crippen molar-refractivity contribution >= 4 is 0 Å². The largest absolute Gasteiger partial charge is 0.330 e. The van der Waals surface area contributed by atoms with Crippen molar-refractivity contribution in [1.29, 1.82) is 0 Å². The molecule has 0 bridgehead atoms. The van der Waals surface area contributed by atoms with Crippen molar-refractivity contribution in [2.24, 2.45) is 14.1 Å². The summed E-state index contributed by atoms with van der Waals surface area (Å²) < 4.78 is 2.62. The molecule has 0 saturated carbocycles. The molecule has 1 rings (SSSR count). The van der Waals surface area contributed by atoms with Crippen molar-refractivity contribution in [2.45, 2.75) is 39.3 Å². The SMILES string of the molecule is CCC(CC)NCc1cc(=O)n(C)c(=O)n1C. The summed E-state index contributed by atoms with van der Waals surface area (Å²) in [6.45, 7) is 4.78. The van der Waals surface area contributed by atoms with Crippen LogP contribution in [0.5, 0.6) is 0 Å². The molecule has 0 aliphatic heterocycles. The van der Waals surface area contributed by atoms with Gasteiger partial charge in [0.2, 0.25) is 0 Å². The van der Waals surface area contributed by atoms with Crippen molar-refractivity contribution in [1.82, 2.24) is 14.5 Å². The van der Waals surface area contributed by atoms with E-state index in [0.29, 0.717) is 12.6 Å². The van der Waals surface area contributed by atoms with Crippen LogP contribution in [-0.4, -0.2) is 15.2 Å². The maximum atomic E-state index is 11.7. The predicted molar refractivity (Wildman–Crippen MR) is 68.1 cm³/mol. The Morgan fingerprint density at radius 2 is 1.76 bits per heavy atom. The Balaban J connectivity index is 2.93. The van der Waals surface area contributed by atoms with Crippen molar-refractivity contribution in [3.8, 4) is 0 Å². The molecule has 0 amide bonds. The second kappa shape index (κ2) is 5.82. The molecule has 1 N–H and O–H groups in total. The second-order valence-electron chi connectivity index (χ2n) is 4.27. The Morgan fingerprint density at radius 1 is 1.18 bits per heavy atom. The molecule has 5 nitrogen and oxygen atoms in total. The van der Waals surface area contributed by atoms with Crippen LogP contribution in [0.2, 0.25) is 0 Å². The summed E-state index contributed by atoms with van der Waals surface area (Å²) in [5, 5.41) is 3.34. The van der Waals surface area contributed by atoms with Gasteiger partial charge in [-0.25, -0.2) is 4.79 Å². The van der Waals surface area contributed by atoms with Crippen LogP contribution >= 0.6 is 0 Å². The normalized spacial score (nSPS) is 11.1. The molecule has 0 aromatic carbocycles. The third kappa shape index (κ3) is 3.06. The number of hydrogen-bond donors (Lipinski definition) is 1. The van der Waals surface area contributed by atoms with Crippen LogP contribution in [0.3, 0.4) is 0 Å². The van der Waals surface area contributed by atoms with Gasteiger partial charge in [-0.15, -0.1) is 0 Å². The van der Waals surface area contributed by atoms with Crippen LogP contribution in [0, 0.1) is 0 Å². The average Bonchev–Trinajstić information content (AvgIpc) is 2.33. The Hall–Kier alpha value is -1.36. The van der Waals surface area contributed by atoms with E-state index in [-0.39, 0.29) is 11.2 Å². The van der Waals surface area contributed by atoms with Crippen molar-refractivity contribution < 1.29 is 0 Å². The molecule has 96 valence electrons. The van der Waals surface area contributed by atoms with Gasteiger partial charge < -0.3 is 5.32 Å². The highest BCUT2D eigenvalue weighted by atomic mass is 16.2. The zero-order valence-corrected chi connectivity index (χ0v) is 11.0. The van der Waals surface area contributed by atoms with E-state index in [1.165, 1.54) is 17.7 Å². The molecule has 0 fully saturated rings. The zero-order valence-electron chi connectivity index (χ0n) is 11.0. The smallest absolute Gasteiger partial charge is 0.308 e. The highest BCUT2D eigenvalue weighted by Gasteiger charge is 2.07. The minimum atomic E-state index is -0.279. The summed E-state index contributed by atoms with van der Waals surface area (Å²) in [6, 6.07) is 1.94. The Labute approximate surface area is 101 Å². The lowest BCUT2D eigenvalue weighted by Crippen LogP contribution is -2.39. The number of hydrogen-bond acceptors (Lipinski definition) is 3. The van der Waals surface area contributed by atoms with Gasteiger partial charge in [0, 0.05) is 38.4 Å². The summed E-state index contributed by atoms with van der Waals surface area (Å²) in [7, 11) is 3.18. The van der Waals surface area contributed by atoms with Crippen LogP contribution in [0.15, 0.2) is 15.7 Å². The van der Waals surface area contributed by atoms with Crippen molar-refractivity contribution in [2.75, 3.05) is 0 Å². The minimum Gasteiger partial charge on any atom is -0.308 e. The van der Waals surface area contributed by atoms with Gasteiger partial charge in [0.05, 0.1) is 0 Å². The van der Waals surface area contributed by atoms with E-state index in [1.807, 2.05) is 0 Å². The fourth-order valence-electron chi connectivity index (χ4n) is 1.77. The first-order valence-electron chi connectivity index (χ1n) is 6.00. The molecule has 0 saturated heterocycles. The molecule has 1 aromatic rings. The Kier molecular flexibility index (Phi) is 4.69. The lowest BCUT2D eigenvalue weighted by molar-refractivity contribution is 0.470. The van der Waals surface area contributed by atoms with E-state index in [4.69, 9.17) is 0 Å². The van der Waals surface area contributed by atoms with Crippen LogP contribution in [0.25, 0.3) is 0 Å². The van der Waals surface area contributed by atoms with Gasteiger partial charge in [-0.05, 0) is 12.8 Å². The maximum Gasteiger partial charge on any atom is 0.330 e. The first-order chi connectivity index (χ1) is 8.01. The lowest BCUT2D eigenvalue weighted by Gasteiger charge is -2.16. The number of nitrogens with zero attached hydrogens (tertiary/aromatic N) is 2. The molecule has 0 atom stereocenters. The molecule has 1 heterocycles. The second-order valence-corrected chi connectivity index (χ2v) is 4.27. The van der Waals surface area contributed by atoms with Gasteiger partial charge >= 0.3 is 5.69 Å². The van der Waals surface area contributed by atoms with Crippen molar-refractivity contribution in [3.63, 3.8) is 0 Å². The van der Waals surface area contributed by atoms with E-state index in [9.17, 15) is 9.59 Å². The maximum absolute atomic E-state index is 11.7. The Bertz CT molecular complexity index is 484. The first-order valence-corrected chi connectivity index (χ1v) is 6.00. The van der Waals surface area contributed by atoms with Crippen LogP contribution in [-0.2, 0) is 20.6 Å². The van der Waals surface area contributed by atoms with E-state index in [2.05, 4.69) is 19.2 Å². The monoisotopic (exact) mass is 239 g/mol.